The van der Waals surface area contributed by atoms with Crippen LogP contribution < -0.4 is 5.32 Å². The van der Waals surface area contributed by atoms with Crippen LogP contribution in [0.3, 0.4) is 0 Å². The monoisotopic (exact) mass is 320 g/mol. The van der Waals surface area contributed by atoms with Crippen molar-refractivity contribution < 1.29 is 24.2 Å². The molecule has 1 fully saturated rings. The van der Waals surface area contributed by atoms with Crippen molar-refractivity contribution in [3.63, 3.8) is 0 Å². The Hall–Kier alpha value is -2.57. The molecule has 1 heterocycles. The van der Waals surface area contributed by atoms with Crippen molar-refractivity contribution in [2.24, 2.45) is 5.92 Å². The van der Waals surface area contributed by atoms with E-state index in [9.17, 15) is 14.4 Å². The Bertz CT molecular complexity index is 553. The molecule has 0 unspecified atom stereocenters. The van der Waals surface area contributed by atoms with Crippen LogP contribution in [0.4, 0.5) is 9.59 Å². The van der Waals surface area contributed by atoms with Crippen molar-refractivity contribution in [2.75, 3.05) is 13.1 Å². The second kappa shape index (κ2) is 8.17. The van der Waals surface area contributed by atoms with Gasteiger partial charge in [-0.15, -0.1) is 0 Å². The van der Waals surface area contributed by atoms with E-state index in [1.807, 2.05) is 35.6 Å². The summed E-state index contributed by atoms with van der Waals surface area (Å²) in [6.07, 6.45) is -0.209. The summed E-state index contributed by atoms with van der Waals surface area (Å²) in [5, 5.41) is 10.3. The number of ether oxygens (including phenoxy) is 1. The van der Waals surface area contributed by atoms with Crippen LogP contribution in [0.25, 0.3) is 0 Å². The standard InChI is InChI=1S/C16H20N2O5/c19-14(17-15(20)21)10-12-6-8-18(9-7-12)16(22)23-11-13-4-2-1-3-5-13/h1-5,12H,6-11H2,(H,17,19)(H,20,21). The van der Waals surface area contributed by atoms with E-state index in [0.29, 0.717) is 25.9 Å². The lowest BCUT2D eigenvalue weighted by atomic mass is 9.93. The Kier molecular flexibility index (Phi) is 5.96. The molecule has 0 atom stereocenters. The predicted molar refractivity (Wildman–Crippen MR) is 81.7 cm³/mol. The number of imide groups is 1. The van der Waals surface area contributed by atoms with Gasteiger partial charge in [-0.3, -0.25) is 10.1 Å². The number of nitrogens with zero attached hydrogens (tertiary/aromatic N) is 1. The van der Waals surface area contributed by atoms with E-state index in [4.69, 9.17) is 9.84 Å². The Labute approximate surface area is 134 Å². The van der Waals surface area contributed by atoms with Crippen LogP contribution in [-0.2, 0) is 16.1 Å². The van der Waals surface area contributed by atoms with Gasteiger partial charge in [0.25, 0.3) is 0 Å². The van der Waals surface area contributed by atoms with E-state index in [1.54, 1.807) is 4.90 Å². The summed E-state index contributed by atoms with van der Waals surface area (Å²) in [6, 6.07) is 9.45. The lowest BCUT2D eigenvalue weighted by molar-refractivity contribution is -0.121. The van der Waals surface area contributed by atoms with Crippen LogP contribution in [0.2, 0.25) is 0 Å². The molecule has 0 aliphatic carbocycles. The minimum Gasteiger partial charge on any atom is -0.465 e. The fraction of sp³-hybridized carbons (Fsp3) is 0.438. The molecule has 3 amide bonds. The Balaban J connectivity index is 1.70. The summed E-state index contributed by atoms with van der Waals surface area (Å²) in [5.41, 5.74) is 0.932. The molecular formula is C16H20N2O5. The van der Waals surface area contributed by atoms with E-state index in [0.717, 1.165) is 5.56 Å². The van der Waals surface area contributed by atoms with Crippen LogP contribution >= 0.6 is 0 Å². The summed E-state index contributed by atoms with van der Waals surface area (Å²) in [5.74, 6) is -0.407. The van der Waals surface area contributed by atoms with Crippen LogP contribution in [0.15, 0.2) is 30.3 Å². The number of hydrogen-bond acceptors (Lipinski definition) is 4. The Morgan fingerprint density at radius 1 is 1.17 bits per heavy atom. The van der Waals surface area contributed by atoms with Gasteiger partial charge in [0.2, 0.25) is 5.91 Å². The molecule has 124 valence electrons. The zero-order valence-electron chi connectivity index (χ0n) is 12.7. The van der Waals surface area contributed by atoms with Gasteiger partial charge in [0, 0.05) is 19.5 Å². The number of nitrogens with one attached hydrogen (secondary N) is 1. The lowest BCUT2D eigenvalue weighted by Crippen LogP contribution is -2.40. The SMILES string of the molecule is O=C(O)NC(=O)CC1CCN(C(=O)OCc2ccccc2)CC1. The zero-order chi connectivity index (χ0) is 16.7. The molecule has 1 aliphatic rings. The van der Waals surface area contributed by atoms with Gasteiger partial charge in [0.1, 0.15) is 6.61 Å². The number of carboxylic acid groups (broad SMARTS) is 1. The summed E-state index contributed by atoms with van der Waals surface area (Å²) >= 11 is 0. The summed E-state index contributed by atoms with van der Waals surface area (Å²) in [7, 11) is 0. The number of hydrogen-bond donors (Lipinski definition) is 2. The number of amides is 3. The molecule has 0 spiro atoms. The molecule has 0 saturated carbocycles. The smallest absolute Gasteiger partial charge is 0.411 e. The molecule has 0 aromatic heterocycles. The predicted octanol–water partition coefficient (Wildman–Crippen LogP) is 2.22. The van der Waals surface area contributed by atoms with E-state index < -0.39 is 12.0 Å². The van der Waals surface area contributed by atoms with Crippen molar-refractivity contribution in [1.82, 2.24) is 10.2 Å². The second-order valence-electron chi connectivity index (χ2n) is 5.53. The molecule has 0 radical (unpaired) electrons. The van der Waals surface area contributed by atoms with E-state index >= 15 is 0 Å². The first-order valence-electron chi connectivity index (χ1n) is 7.53. The average Bonchev–Trinajstić information content (AvgIpc) is 2.53. The molecule has 23 heavy (non-hydrogen) atoms. The van der Waals surface area contributed by atoms with Gasteiger partial charge < -0.3 is 14.7 Å². The molecule has 7 nitrogen and oxygen atoms in total. The third-order valence-corrected chi connectivity index (χ3v) is 3.80. The van der Waals surface area contributed by atoms with Gasteiger partial charge in [-0.1, -0.05) is 30.3 Å². The van der Waals surface area contributed by atoms with E-state index in [-0.39, 0.29) is 25.0 Å². The molecule has 1 saturated heterocycles. The third-order valence-electron chi connectivity index (χ3n) is 3.80. The highest BCUT2D eigenvalue weighted by Gasteiger charge is 2.25. The Morgan fingerprint density at radius 3 is 2.43 bits per heavy atom. The maximum atomic E-state index is 12.0. The number of carbonyl (C=O) groups is 3. The molecule has 2 rings (SSSR count). The first kappa shape index (κ1) is 16.8. The summed E-state index contributed by atoms with van der Waals surface area (Å²) in [6.45, 7) is 1.26. The Morgan fingerprint density at radius 2 is 1.83 bits per heavy atom. The average molecular weight is 320 g/mol. The fourth-order valence-electron chi connectivity index (χ4n) is 2.56. The summed E-state index contributed by atoms with van der Waals surface area (Å²) < 4.78 is 5.27. The normalized spacial score (nSPS) is 15.0. The molecule has 1 aromatic carbocycles. The van der Waals surface area contributed by atoms with Crippen LogP contribution in [0.1, 0.15) is 24.8 Å². The van der Waals surface area contributed by atoms with Crippen molar-refractivity contribution >= 4 is 18.1 Å². The maximum Gasteiger partial charge on any atom is 0.411 e. The van der Waals surface area contributed by atoms with Crippen molar-refractivity contribution in [2.45, 2.75) is 25.9 Å². The van der Waals surface area contributed by atoms with Gasteiger partial charge in [-0.25, -0.2) is 9.59 Å². The highest BCUT2D eigenvalue weighted by molar-refractivity contribution is 5.90. The minimum atomic E-state index is -1.34. The number of benzene rings is 1. The van der Waals surface area contributed by atoms with E-state index in [1.165, 1.54) is 0 Å². The number of rotatable bonds is 4. The molecule has 2 N–H and O–H groups in total. The molecule has 1 aromatic rings. The van der Waals surface area contributed by atoms with Gasteiger partial charge >= 0.3 is 12.2 Å². The minimum absolute atomic E-state index is 0.0903. The first-order valence-corrected chi connectivity index (χ1v) is 7.53. The topological polar surface area (TPSA) is 95.9 Å². The number of likely N-dealkylation sites (tertiary alicyclic amines) is 1. The maximum absolute atomic E-state index is 12.0. The third kappa shape index (κ3) is 5.61. The highest BCUT2D eigenvalue weighted by Crippen LogP contribution is 2.21. The lowest BCUT2D eigenvalue weighted by Gasteiger charge is -2.30. The molecule has 7 heteroatoms. The molecule has 0 bridgehead atoms. The molecular weight excluding hydrogens is 300 g/mol. The quantitative estimate of drug-likeness (QED) is 0.887. The zero-order valence-corrected chi connectivity index (χ0v) is 12.7. The van der Waals surface area contributed by atoms with Gasteiger partial charge in [-0.2, -0.15) is 0 Å². The fourth-order valence-corrected chi connectivity index (χ4v) is 2.56. The van der Waals surface area contributed by atoms with Crippen LogP contribution in [-0.4, -0.2) is 41.2 Å². The van der Waals surface area contributed by atoms with Gasteiger partial charge in [0.15, 0.2) is 0 Å². The largest absolute Gasteiger partial charge is 0.465 e. The van der Waals surface area contributed by atoms with Crippen molar-refractivity contribution in [3.8, 4) is 0 Å². The number of carbonyl (C=O) groups excluding carboxylic acids is 2. The van der Waals surface area contributed by atoms with E-state index in [2.05, 4.69) is 0 Å². The number of piperidine rings is 1. The van der Waals surface area contributed by atoms with Gasteiger partial charge in [0.05, 0.1) is 0 Å². The molecule has 1 aliphatic heterocycles. The van der Waals surface area contributed by atoms with Crippen LogP contribution in [0, 0.1) is 5.92 Å². The van der Waals surface area contributed by atoms with Gasteiger partial charge in [-0.05, 0) is 24.3 Å². The van der Waals surface area contributed by atoms with Crippen LogP contribution in [0.5, 0.6) is 0 Å². The second-order valence-corrected chi connectivity index (χ2v) is 5.53. The summed E-state index contributed by atoms with van der Waals surface area (Å²) in [4.78, 5) is 35.4. The van der Waals surface area contributed by atoms with Crippen molar-refractivity contribution in [3.05, 3.63) is 35.9 Å². The van der Waals surface area contributed by atoms with Crippen molar-refractivity contribution in [1.29, 1.82) is 0 Å². The first-order chi connectivity index (χ1) is 11.0. The highest BCUT2D eigenvalue weighted by atomic mass is 16.6.